The summed E-state index contributed by atoms with van der Waals surface area (Å²) in [5.74, 6) is -0.0475. The maximum atomic E-state index is 12.5. The highest BCUT2D eigenvalue weighted by atomic mass is 35.5. The van der Waals surface area contributed by atoms with Crippen molar-refractivity contribution in [2.24, 2.45) is 0 Å². The number of nitrogens with one attached hydrogen (secondary N) is 1. The van der Waals surface area contributed by atoms with Crippen LogP contribution in [0.25, 0.3) is 11.0 Å². The number of fused-ring (bicyclic) bond motifs is 1. The Hall–Kier alpha value is -1.90. The van der Waals surface area contributed by atoms with Gasteiger partial charge in [-0.05, 0) is 24.3 Å². The third-order valence-electron chi connectivity index (χ3n) is 2.74. The first-order chi connectivity index (χ1) is 9.97. The summed E-state index contributed by atoms with van der Waals surface area (Å²) in [6.07, 6.45) is 0. The van der Waals surface area contributed by atoms with Crippen molar-refractivity contribution in [3.8, 4) is 5.75 Å². The number of phenolic OH excluding ortho intramolecular Hbond substituents is 1. The number of sulfonamides is 1. The molecule has 1 aromatic heterocycles. The second kappa shape index (κ2) is 5.14. The first-order valence-corrected chi connectivity index (χ1v) is 8.29. The van der Waals surface area contributed by atoms with Gasteiger partial charge in [0.15, 0.2) is 0 Å². The van der Waals surface area contributed by atoms with Crippen LogP contribution in [0.1, 0.15) is 0 Å². The van der Waals surface area contributed by atoms with Crippen molar-refractivity contribution < 1.29 is 13.5 Å². The zero-order valence-corrected chi connectivity index (χ0v) is 12.7. The fourth-order valence-electron chi connectivity index (χ4n) is 1.78. The van der Waals surface area contributed by atoms with Crippen molar-refractivity contribution in [3.05, 3.63) is 41.4 Å². The number of rotatable bonds is 3. The Morgan fingerprint density at radius 1 is 1.19 bits per heavy atom. The maximum Gasteiger partial charge on any atom is 0.264 e. The van der Waals surface area contributed by atoms with Crippen LogP contribution in [-0.4, -0.2) is 22.3 Å². The van der Waals surface area contributed by atoms with E-state index >= 15 is 0 Å². The van der Waals surface area contributed by atoms with Crippen molar-refractivity contribution in [1.82, 2.24) is 8.75 Å². The molecule has 2 aromatic carbocycles. The molecule has 0 saturated heterocycles. The van der Waals surface area contributed by atoms with Gasteiger partial charge in [-0.25, -0.2) is 8.42 Å². The lowest BCUT2D eigenvalue weighted by molar-refractivity contribution is 0.475. The van der Waals surface area contributed by atoms with Crippen LogP contribution < -0.4 is 4.72 Å². The number of anilines is 1. The van der Waals surface area contributed by atoms with Gasteiger partial charge in [-0.1, -0.05) is 17.7 Å². The molecule has 3 aromatic rings. The van der Waals surface area contributed by atoms with Gasteiger partial charge in [0.1, 0.15) is 21.7 Å². The highest BCUT2D eigenvalue weighted by molar-refractivity contribution is 7.93. The van der Waals surface area contributed by atoms with Gasteiger partial charge in [-0.15, -0.1) is 0 Å². The standard InChI is InChI=1S/C12H8ClN3O3S2/c13-8-6-7(17)4-5-9(8)16-21(18,19)11-3-1-2-10-12(11)15-20-14-10/h1-6,16-17H. The summed E-state index contributed by atoms with van der Waals surface area (Å²) in [6.45, 7) is 0. The molecule has 3 rings (SSSR count). The van der Waals surface area contributed by atoms with E-state index in [1.165, 1.54) is 24.3 Å². The monoisotopic (exact) mass is 341 g/mol. The molecular weight excluding hydrogens is 334 g/mol. The molecule has 0 saturated carbocycles. The average molecular weight is 342 g/mol. The Balaban J connectivity index is 2.06. The van der Waals surface area contributed by atoms with E-state index in [0.717, 1.165) is 11.7 Å². The SMILES string of the molecule is O=S(=O)(Nc1ccc(O)cc1Cl)c1cccc2nsnc12. The first-order valence-electron chi connectivity index (χ1n) is 5.70. The molecule has 0 aliphatic carbocycles. The number of nitrogens with zero attached hydrogens (tertiary/aromatic N) is 2. The molecule has 0 aliphatic heterocycles. The molecule has 1 heterocycles. The molecule has 9 heteroatoms. The van der Waals surface area contributed by atoms with Gasteiger partial charge in [0.25, 0.3) is 10.0 Å². The summed E-state index contributed by atoms with van der Waals surface area (Å²) in [7, 11) is -3.86. The van der Waals surface area contributed by atoms with Gasteiger partial charge in [0.05, 0.1) is 22.4 Å². The van der Waals surface area contributed by atoms with E-state index in [1.54, 1.807) is 12.1 Å². The van der Waals surface area contributed by atoms with Gasteiger partial charge in [0, 0.05) is 6.07 Å². The number of aromatic hydroxyl groups is 1. The van der Waals surface area contributed by atoms with Crippen molar-refractivity contribution >= 4 is 50.1 Å². The maximum absolute atomic E-state index is 12.5. The van der Waals surface area contributed by atoms with Crippen LogP contribution in [0.15, 0.2) is 41.3 Å². The number of phenols is 1. The number of hydrogen-bond acceptors (Lipinski definition) is 6. The molecule has 0 atom stereocenters. The van der Waals surface area contributed by atoms with E-state index in [4.69, 9.17) is 11.6 Å². The van der Waals surface area contributed by atoms with Crippen LogP contribution in [0, 0.1) is 0 Å². The summed E-state index contributed by atoms with van der Waals surface area (Å²) >= 11 is 6.85. The third-order valence-corrected chi connectivity index (χ3v) is 4.99. The molecule has 0 aliphatic rings. The zero-order valence-electron chi connectivity index (χ0n) is 10.3. The number of benzene rings is 2. The third kappa shape index (κ3) is 2.65. The zero-order chi connectivity index (χ0) is 15.0. The van der Waals surface area contributed by atoms with Gasteiger partial charge in [-0.2, -0.15) is 8.75 Å². The number of halogens is 1. The molecule has 108 valence electrons. The average Bonchev–Trinajstić information content (AvgIpc) is 2.90. The lowest BCUT2D eigenvalue weighted by Crippen LogP contribution is -2.13. The molecule has 0 unspecified atom stereocenters. The molecular formula is C12H8ClN3O3S2. The van der Waals surface area contributed by atoms with E-state index < -0.39 is 10.0 Å². The van der Waals surface area contributed by atoms with Gasteiger partial charge in [-0.3, -0.25) is 4.72 Å². The van der Waals surface area contributed by atoms with Crippen molar-refractivity contribution in [3.63, 3.8) is 0 Å². The van der Waals surface area contributed by atoms with Crippen LogP contribution >= 0.6 is 23.3 Å². The van der Waals surface area contributed by atoms with Crippen molar-refractivity contribution in [1.29, 1.82) is 0 Å². The Kier molecular flexibility index (Phi) is 3.44. The predicted octanol–water partition coefficient (Wildman–Crippen LogP) is 2.85. The molecule has 2 N–H and O–H groups in total. The number of aromatic nitrogens is 2. The van der Waals surface area contributed by atoms with Gasteiger partial charge < -0.3 is 5.11 Å². The highest BCUT2D eigenvalue weighted by Crippen LogP contribution is 2.29. The van der Waals surface area contributed by atoms with Gasteiger partial charge >= 0.3 is 0 Å². The quantitative estimate of drug-likeness (QED) is 0.715. The second-order valence-corrected chi connectivity index (χ2v) is 6.74. The summed E-state index contributed by atoms with van der Waals surface area (Å²) in [6, 6.07) is 8.70. The molecule has 0 bridgehead atoms. The smallest absolute Gasteiger partial charge is 0.264 e. The molecule has 0 amide bonds. The van der Waals surface area contributed by atoms with Crippen LogP contribution in [0.2, 0.25) is 5.02 Å². The second-order valence-electron chi connectivity index (χ2n) is 4.16. The van der Waals surface area contributed by atoms with Gasteiger partial charge in [0.2, 0.25) is 0 Å². The lowest BCUT2D eigenvalue weighted by Gasteiger charge is -2.10. The summed E-state index contributed by atoms with van der Waals surface area (Å²) in [5.41, 5.74) is 0.999. The molecule has 21 heavy (non-hydrogen) atoms. The van der Waals surface area contributed by atoms with Crippen LogP contribution in [0.5, 0.6) is 5.75 Å². The fraction of sp³-hybridized carbons (Fsp3) is 0. The largest absolute Gasteiger partial charge is 0.508 e. The van der Waals surface area contributed by atoms with Crippen LogP contribution in [-0.2, 0) is 10.0 Å². The van der Waals surface area contributed by atoms with Crippen LogP contribution in [0.3, 0.4) is 0 Å². The highest BCUT2D eigenvalue weighted by Gasteiger charge is 2.20. The number of hydrogen-bond donors (Lipinski definition) is 2. The summed E-state index contributed by atoms with van der Waals surface area (Å²) in [4.78, 5) is 0.0258. The molecule has 0 spiro atoms. The van der Waals surface area contributed by atoms with E-state index in [-0.39, 0.29) is 21.4 Å². The summed E-state index contributed by atoms with van der Waals surface area (Å²) < 4.78 is 35.3. The van der Waals surface area contributed by atoms with Crippen molar-refractivity contribution in [2.45, 2.75) is 4.90 Å². The Morgan fingerprint density at radius 3 is 2.76 bits per heavy atom. The Morgan fingerprint density at radius 2 is 2.00 bits per heavy atom. The Bertz CT molecular complexity index is 924. The van der Waals surface area contributed by atoms with Crippen LogP contribution in [0.4, 0.5) is 5.69 Å². The topological polar surface area (TPSA) is 92.2 Å². The van der Waals surface area contributed by atoms with E-state index in [0.29, 0.717) is 11.0 Å². The van der Waals surface area contributed by atoms with E-state index in [1.807, 2.05) is 0 Å². The molecule has 0 fully saturated rings. The van der Waals surface area contributed by atoms with E-state index in [9.17, 15) is 13.5 Å². The minimum atomic E-state index is -3.86. The van der Waals surface area contributed by atoms with Crippen molar-refractivity contribution in [2.75, 3.05) is 4.72 Å². The minimum Gasteiger partial charge on any atom is -0.508 e. The molecule has 0 radical (unpaired) electrons. The van der Waals surface area contributed by atoms with E-state index in [2.05, 4.69) is 13.5 Å². The minimum absolute atomic E-state index is 0.0258. The lowest BCUT2D eigenvalue weighted by atomic mass is 10.3. The summed E-state index contributed by atoms with van der Waals surface area (Å²) in [5, 5.41) is 9.39. The first kappa shape index (κ1) is 14.1. The predicted molar refractivity (Wildman–Crippen MR) is 81.3 cm³/mol. The normalized spacial score (nSPS) is 11.7. The Labute approximate surface area is 129 Å². The fourth-order valence-corrected chi connectivity index (χ4v) is 3.91. The molecule has 6 nitrogen and oxygen atoms in total.